The third-order valence-corrected chi connectivity index (χ3v) is 1.68. The molecule has 0 saturated heterocycles. The van der Waals surface area contributed by atoms with Crippen LogP contribution in [0.1, 0.15) is 17.3 Å². The number of carbonyl (C=O) groups excluding carboxylic acids is 1. The molecule has 0 bridgehead atoms. The molecule has 0 aliphatic heterocycles. The molecule has 0 radical (unpaired) electrons. The van der Waals surface area contributed by atoms with Gasteiger partial charge in [-0.2, -0.15) is 0 Å². The van der Waals surface area contributed by atoms with Gasteiger partial charge in [0.1, 0.15) is 5.82 Å². The SMILES string of the molecule is C/C=C/C(=O)c1cc(Cl)cnc1N. The molecule has 3 nitrogen and oxygen atoms in total. The summed E-state index contributed by atoms with van der Waals surface area (Å²) in [5.41, 5.74) is 5.83. The van der Waals surface area contributed by atoms with E-state index < -0.39 is 0 Å². The number of nitrogens with two attached hydrogens (primary N) is 1. The zero-order valence-corrected chi connectivity index (χ0v) is 7.88. The summed E-state index contributed by atoms with van der Waals surface area (Å²) in [5.74, 6) is 0.0162. The molecule has 1 aromatic heterocycles. The lowest BCUT2D eigenvalue weighted by atomic mass is 10.1. The lowest BCUT2D eigenvalue weighted by Gasteiger charge is -2.00. The van der Waals surface area contributed by atoms with Gasteiger partial charge in [0.2, 0.25) is 0 Å². The Bertz CT molecular complexity index is 361. The fourth-order valence-electron chi connectivity index (χ4n) is 0.888. The quantitative estimate of drug-likeness (QED) is 0.582. The molecule has 4 heteroatoms. The lowest BCUT2D eigenvalue weighted by molar-refractivity contribution is 0.104. The van der Waals surface area contributed by atoms with Crippen LogP contribution in [0.25, 0.3) is 0 Å². The third-order valence-electron chi connectivity index (χ3n) is 1.47. The highest BCUT2D eigenvalue weighted by atomic mass is 35.5. The first-order chi connectivity index (χ1) is 6.15. The zero-order valence-electron chi connectivity index (χ0n) is 7.12. The maximum absolute atomic E-state index is 11.4. The highest BCUT2D eigenvalue weighted by Crippen LogP contribution is 2.15. The number of halogens is 1. The Morgan fingerprint density at radius 3 is 3.00 bits per heavy atom. The van der Waals surface area contributed by atoms with Gasteiger partial charge in [0.15, 0.2) is 5.78 Å². The largest absolute Gasteiger partial charge is 0.383 e. The Morgan fingerprint density at radius 1 is 1.69 bits per heavy atom. The van der Waals surface area contributed by atoms with Gasteiger partial charge < -0.3 is 5.73 Å². The van der Waals surface area contributed by atoms with Crippen molar-refractivity contribution in [3.63, 3.8) is 0 Å². The van der Waals surface area contributed by atoms with Crippen molar-refractivity contribution in [2.45, 2.75) is 6.92 Å². The van der Waals surface area contributed by atoms with Crippen LogP contribution in [0, 0.1) is 0 Å². The Kier molecular flexibility index (Phi) is 3.03. The number of nitrogens with zero attached hydrogens (tertiary/aromatic N) is 1. The van der Waals surface area contributed by atoms with E-state index in [2.05, 4.69) is 4.98 Å². The summed E-state index contributed by atoms with van der Waals surface area (Å²) in [6, 6.07) is 1.51. The van der Waals surface area contributed by atoms with Gasteiger partial charge in [0, 0.05) is 6.20 Å². The first-order valence-electron chi connectivity index (χ1n) is 3.73. The average Bonchev–Trinajstić information content (AvgIpc) is 2.09. The van der Waals surface area contributed by atoms with E-state index in [0.717, 1.165) is 0 Å². The fourth-order valence-corrected chi connectivity index (χ4v) is 1.05. The summed E-state index contributed by atoms with van der Waals surface area (Å²) in [4.78, 5) is 15.1. The summed E-state index contributed by atoms with van der Waals surface area (Å²) in [5, 5.41) is 0.405. The van der Waals surface area contributed by atoms with Crippen LogP contribution in [0.3, 0.4) is 0 Å². The van der Waals surface area contributed by atoms with Gasteiger partial charge in [0.05, 0.1) is 10.6 Å². The number of anilines is 1. The van der Waals surface area contributed by atoms with Crippen molar-refractivity contribution in [2.75, 3.05) is 5.73 Å². The number of hydrogen-bond acceptors (Lipinski definition) is 3. The fraction of sp³-hybridized carbons (Fsp3) is 0.111. The van der Waals surface area contributed by atoms with Crippen LogP contribution in [-0.2, 0) is 0 Å². The van der Waals surface area contributed by atoms with E-state index in [1.165, 1.54) is 18.3 Å². The standard InChI is InChI=1S/C9H9ClN2O/c1-2-3-8(13)7-4-6(10)5-12-9(7)11/h2-5H,1H3,(H2,11,12)/b3-2+. The molecule has 0 atom stereocenters. The van der Waals surface area contributed by atoms with Crippen molar-refractivity contribution in [1.29, 1.82) is 0 Å². The van der Waals surface area contributed by atoms with E-state index >= 15 is 0 Å². The molecule has 0 saturated carbocycles. The molecule has 0 fully saturated rings. The van der Waals surface area contributed by atoms with Crippen molar-refractivity contribution < 1.29 is 4.79 Å². The van der Waals surface area contributed by atoms with Crippen molar-refractivity contribution in [1.82, 2.24) is 4.98 Å². The molecule has 0 aliphatic rings. The summed E-state index contributed by atoms with van der Waals surface area (Å²) in [6.07, 6.45) is 4.47. The Balaban J connectivity index is 3.13. The summed E-state index contributed by atoms with van der Waals surface area (Å²) >= 11 is 5.67. The van der Waals surface area contributed by atoms with Crippen molar-refractivity contribution in [2.24, 2.45) is 0 Å². The number of allylic oxidation sites excluding steroid dienone is 2. The van der Waals surface area contributed by atoms with Gasteiger partial charge in [-0.05, 0) is 19.1 Å². The van der Waals surface area contributed by atoms with Crippen LogP contribution < -0.4 is 5.73 Å². The predicted molar refractivity (Wildman–Crippen MR) is 52.8 cm³/mol. The van der Waals surface area contributed by atoms with E-state index in [0.29, 0.717) is 10.6 Å². The second kappa shape index (κ2) is 4.05. The third kappa shape index (κ3) is 2.29. The molecular formula is C9H9ClN2O. The topological polar surface area (TPSA) is 56.0 Å². The second-order valence-electron chi connectivity index (χ2n) is 2.45. The minimum absolute atomic E-state index is 0.185. The molecule has 0 amide bonds. The molecule has 1 heterocycles. The summed E-state index contributed by atoms with van der Waals surface area (Å²) < 4.78 is 0. The molecule has 1 aromatic rings. The van der Waals surface area contributed by atoms with E-state index in [4.69, 9.17) is 17.3 Å². The smallest absolute Gasteiger partial charge is 0.189 e. The minimum Gasteiger partial charge on any atom is -0.383 e. The molecule has 0 spiro atoms. The molecule has 68 valence electrons. The minimum atomic E-state index is -0.185. The molecular weight excluding hydrogens is 188 g/mol. The first-order valence-corrected chi connectivity index (χ1v) is 4.11. The van der Waals surface area contributed by atoms with Crippen LogP contribution in [-0.4, -0.2) is 10.8 Å². The molecule has 13 heavy (non-hydrogen) atoms. The Hall–Kier alpha value is -1.35. The van der Waals surface area contributed by atoms with E-state index in [1.54, 1.807) is 13.0 Å². The van der Waals surface area contributed by atoms with E-state index in [1.807, 2.05) is 0 Å². The Morgan fingerprint density at radius 2 is 2.38 bits per heavy atom. The molecule has 0 aromatic carbocycles. The molecule has 0 aliphatic carbocycles. The monoisotopic (exact) mass is 196 g/mol. The van der Waals surface area contributed by atoms with Crippen molar-refractivity contribution >= 4 is 23.2 Å². The molecule has 2 N–H and O–H groups in total. The summed E-state index contributed by atoms with van der Waals surface area (Å²) in [6.45, 7) is 1.76. The van der Waals surface area contributed by atoms with Crippen LogP contribution >= 0.6 is 11.6 Å². The predicted octanol–water partition coefficient (Wildman–Crippen LogP) is 2.08. The Labute approximate surface area is 81.2 Å². The van der Waals surface area contributed by atoms with Gasteiger partial charge in [0.25, 0.3) is 0 Å². The van der Waals surface area contributed by atoms with Crippen molar-refractivity contribution in [3.8, 4) is 0 Å². The normalized spacial score (nSPS) is 10.6. The lowest BCUT2D eigenvalue weighted by Crippen LogP contribution is -2.02. The number of nitrogen functional groups attached to an aromatic ring is 1. The number of pyridine rings is 1. The number of rotatable bonds is 2. The van der Waals surface area contributed by atoms with Gasteiger partial charge in [-0.25, -0.2) is 4.98 Å². The van der Waals surface area contributed by atoms with Crippen LogP contribution in [0.4, 0.5) is 5.82 Å². The van der Waals surface area contributed by atoms with Crippen LogP contribution in [0.5, 0.6) is 0 Å². The van der Waals surface area contributed by atoms with E-state index in [9.17, 15) is 4.79 Å². The number of ketones is 1. The maximum atomic E-state index is 11.4. The second-order valence-corrected chi connectivity index (χ2v) is 2.89. The average molecular weight is 197 g/mol. The van der Waals surface area contributed by atoms with Gasteiger partial charge in [-0.3, -0.25) is 4.79 Å². The molecule has 1 rings (SSSR count). The van der Waals surface area contributed by atoms with Gasteiger partial charge >= 0.3 is 0 Å². The zero-order chi connectivity index (χ0) is 9.84. The number of aromatic nitrogens is 1. The van der Waals surface area contributed by atoms with Gasteiger partial charge in [-0.15, -0.1) is 0 Å². The molecule has 0 unspecified atom stereocenters. The number of carbonyl (C=O) groups is 1. The van der Waals surface area contributed by atoms with Crippen LogP contribution in [0.15, 0.2) is 24.4 Å². The van der Waals surface area contributed by atoms with E-state index in [-0.39, 0.29) is 11.6 Å². The highest BCUT2D eigenvalue weighted by Gasteiger charge is 2.07. The highest BCUT2D eigenvalue weighted by molar-refractivity contribution is 6.31. The van der Waals surface area contributed by atoms with Gasteiger partial charge in [-0.1, -0.05) is 17.7 Å². The van der Waals surface area contributed by atoms with Crippen LogP contribution in [0.2, 0.25) is 5.02 Å². The first kappa shape index (κ1) is 9.74. The summed E-state index contributed by atoms with van der Waals surface area (Å²) in [7, 11) is 0. The van der Waals surface area contributed by atoms with Crippen molar-refractivity contribution in [3.05, 3.63) is 35.0 Å². The maximum Gasteiger partial charge on any atom is 0.189 e. The number of hydrogen-bond donors (Lipinski definition) is 1.